The number of amides is 4. The molecule has 2 atom stereocenters. The summed E-state index contributed by atoms with van der Waals surface area (Å²) in [5.74, 6) is -1.36. The van der Waals surface area contributed by atoms with E-state index in [1.54, 1.807) is 32.0 Å². The molecule has 5 fully saturated rings. The van der Waals surface area contributed by atoms with Crippen molar-refractivity contribution >= 4 is 56.9 Å². The van der Waals surface area contributed by atoms with Crippen LogP contribution in [0.5, 0.6) is 0 Å². The molecule has 5 aliphatic rings. The van der Waals surface area contributed by atoms with Crippen LogP contribution < -0.4 is 20.8 Å². The second-order valence-electron chi connectivity index (χ2n) is 19.3. The summed E-state index contributed by atoms with van der Waals surface area (Å²) in [6.07, 6.45) is 8.88. The second kappa shape index (κ2) is 18.1. The number of carbonyl (C=O) groups excluding carboxylic acids is 4. The number of likely N-dealkylation sites (tertiary alicyclic amines) is 2. The molecule has 2 N–H and O–H groups in total. The van der Waals surface area contributed by atoms with Gasteiger partial charge >= 0.3 is 5.69 Å². The van der Waals surface area contributed by atoms with Gasteiger partial charge in [-0.15, -0.1) is 0 Å². The minimum absolute atomic E-state index is 0.0394. The van der Waals surface area contributed by atoms with E-state index in [0.717, 1.165) is 99.4 Å². The smallest absolute Gasteiger partial charge is 0.329 e. The summed E-state index contributed by atoms with van der Waals surface area (Å²) in [5.41, 5.74) is 6.47. The molecule has 16 nitrogen and oxygen atoms in total. The van der Waals surface area contributed by atoms with Gasteiger partial charge in [-0.05, 0) is 97.7 Å². The number of imide groups is 1. The number of nitrogens with one attached hydrogen (secondary N) is 2. The number of benzene rings is 3. The normalized spacial score (nSPS) is 20.9. The number of aromatic nitrogens is 5. The van der Waals surface area contributed by atoms with Gasteiger partial charge in [0.15, 0.2) is 5.82 Å². The Hall–Kier alpha value is -6.75. The second-order valence-corrected chi connectivity index (χ2v) is 19.3. The molecule has 8 heterocycles. The Kier molecular flexibility index (Phi) is 11.6. The maximum Gasteiger partial charge on any atom is 0.329 e. The number of aryl methyl sites for hydroxylation is 2. The van der Waals surface area contributed by atoms with Gasteiger partial charge in [0.2, 0.25) is 17.7 Å². The predicted octanol–water partition coefficient (Wildman–Crippen LogP) is 5.23. The number of imidazole rings is 1. The Bertz CT molecular complexity index is 2960. The van der Waals surface area contributed by atoms with Crippen molar-refractivity contribution in [2.24, 2.45) is 7.05 Å². The number of para-hydroxylation sites is 1. The van der Waals surface area contributed by atoms with Crippen LogP contribution in [0.15, 0.2) is 77.9 Å². The minimum Gasteiger partial charge on any atom is -0.370 e. The van der Waals surface area contributed by atoms with Crippen LogP contribution in [-0.4, -0.2) is 134 Å². The molecular formula is C51H58FN11O5. The van der Waals surface area contributed by atoms with Crippen molar-refractivity contribution in [3.63, 3.8) is 0 Å². The Morgan fingerprint density at radius 1 is 0.824 bits per heavy atom. The molecule has 354 valence electrons. The zero-order chi connectivity index (χ0) is 46.6. The molecule has 4 amide bonds. The number of hydrogen-bond acceptors (Lipinski definition) is 9. The lowest BCUT2D eigenvalue weighted by Gasteiger charge is -2.44. The number of fused-ring (bicyclic) bond motifs is 2. The van der Waals surface area contributed by atoms with E-state index in [2.05, 4.69) is 60.4 Å². The van der Waals surface area contributed by atoms with Gasteiger partial charge in [-0.25, -0.2) is 9.18 Å². The maximum atomic E-state index is 16.8. The summed E-state index contributed by atoms with van der Waals surface area (Å²) in [4.78, 5) is 79.3. The highest BCUT2D eigenvalue weighted by Crippen LogP contribution is 2.40. The lowest BCUT2D eigenvalue weighted by Crippen LogP contribution is -2.53. The molecule has 68 heavy (non-hydrogen) atoms. The van der Waals surface area contributed by atoms with Crippen molar-refractivity contribution in [2.45, 2.75) is 75.9 Å². The number of H-pyrrole nitrogens is 1. The molecule has 3 aromatic carbocycles. The van der Waals surface area contributed by atoms with Crippen molar-refractivity contribution in [3.8, 4) is 11.1 Å². The molecule has 11 rings (SSSR count). The van der Waals surface area contributed by atoms with Crippen molar-refractivity contribution in [2.75, 3.05) is 75.2 Å². The number of rotatable bonds is 10. The molecule has 0 radical (unpaired) electrons. The van der Waals surface area contributed by atoms with Gasteiger partial charge in [0.1, 0.15) is 11.7 Å². The minimum atomic E-state index is -0.718. The molecular weight excluding hydrogens is 866 g/mol. The first-order chi connectivity index (χ1) is 33.1. The van der Waals surface area contributed by atoms with Crippen LogP contribution in [-0.2, 0) is 28.0 Å². The summed E-state index contributed by atoms with van der Waals surface area (Å²) >= 11 is 0. The van der Waals surface area contributed by atoms with E-state index in [-0.39, 0.29) is 41.6 Å². The largest absolute Gasteiger partial charge is 0.370 e. The predicted molar refractivity (Wildman–Crippen MR) is 257 cm³/mol. The standard InChI is InChI=1S/C51H58FN11O5/c1-56-48-41(7-2-8-42(48)63(51(56)68)43-13-14-44(64)55-49(43)66)59-23-15-36(16-24-59)58-28-26-57(27-29-58)35-11-9-33(10-12-35)37-30-38(46(52)47-39(37)31-40(54-47)50(67)60-20-5-21-60)34-6-3-19-61(32-34)45(65)17-25-62-22-4-18-53-62/h2,4,7-12,18,22,30-31,34,36,43,54H,3,5-6,13-17,19-21,23-29,32H2,1H3,(H,55,64,66)/t34-,43?/m0/s1. The van der Waals surface area contributed by atoms with Crippen LogP contribution in [0.3, 0.4) is 0 Å². The summed E-state index contributed by atoms with van der Waals surface area (Å²) in [6, 6.07) is 19.8. The molecule has 5 saturated heterocycles. The fourth-order valence-electron chi connectivity index (χ4n) is 11.5. The topological polar surface area (TPSA) is 157 Å². The van der Waals surface area contributed by atoms with Crippen molar-refractivity contribution in [3.05, 3.63) is 101 Å². The summed E-state index contributed by atoms with van der Waals surface area (Å²) < 4.78 is 21.7. The number of halogens is 1. The summed E-state index contributed by atoms with van der Waals surface area (Å²) in [5, 5.41) is 7.31. The molecule has 1 unspecified atom stereocenters. The first-order valence-electron chi connectivity index (χ1n) is 24.4. The van der Waals surface area contributed by atoms with Crippen LogP contribution in [0.1, 0.15) is 79.4 Å². The number of anilines is 2. The molecule has 0 spiro atoms. The van der Waals surface area contributed by atoms with Gasteiger partial charge in [-0.1, -0.05) is 18.2 Å². The monoisotopic (exact) mass is 923 g/mol. The van der Waals surface area contributed by atoms with E-state index in [4.69, 9.17) is 0 Å². The molecule has 17 heteroatoms. The summed E-state index contributed by atoms with van der Waals surface area (Å²) in [6.45, 7) is 8.32. The highest BCUT2D eigenvalue weighted by atomic mass is 19.1. The molecule has 3 aromatic heterocycles. The molecule has 0 bridgehead atoms. The van der Waals surface area contributed by atoms with Crippen LogP contribution in [0.4, 0.5) is 15.8 Å². The Morgan fingerprint density at radius 3 is 2.32 bits per heavy atom. The fourth-order valence-corrected chi connectivity index (χ4v) is 11.5. The van der Waals surface area contributed by atoms with Crippen molar-refractivity contribution < 1.29 is 23.6 Å². The highest BCUT2D eigenvalue weighted by molar-refractivity contribution is 6.04. The third-order valence-corrected chi connectivity index (χ3v) is 15.4. The number of carbonyl (C=O) groups is 4. The lowest BCUT2D eigenvalue weighted by atomic mass is 9.87. The maximum absolute atomic E-state index is 16.8. The van der Waals surface area contributed by atoms with Gasteiger partial charge < -0.3 is 24.6 Å². The lowest BCUT2D eigenvalue weighted by molar-refractivity contribution is -0.136. The van der Waals surface area contributed by atoms with Crippen molar-refractivity contribution in [1.82, 2.24) is 43.9 Å². The first kappa shape index (κ1) is 43.8. The summed E-state index contributed by atoms with van der Waals surface area (Å²) in [7, 11) is 1.76. The van der Waals surface area contributed by atoms with Crippen molar-refractivity contribution in [1.29, 1.82) is 0 Å². The first-order valence-corrected chi connectivity index (χ1v) is 24.4. The average molecular weight is 924 g/mol. The quantitative estimate of drug-likeness (QED) is 0.176. The number of hydrogen-bond donors (Lipinski definition) is 2. The van der Waals surface area contributed by atoms with E-state index < -0.39 is 11.9 Å². The molecule has 0 saturated carbocycles. The number of piperazine rings is 1. The molecule has 5 aliphatic heterocycles. The molecule has 6 aromatic rings. The van der Waals surface area contributed by atoms with Gasteiger partial charge in [-0.2, -0.15) is 5.10 Å². The van der Waals surface area contributed by atoms with E-state index in [0.29, 0.717) is 79.3 Å². The Balaban J connectivity index is 0.767. The van der Waals surface area contributed by atoms with E-state index in [1.165, 1.54) is 0 Å². The van der Waals surface area contributed by atoms with E-state index in [1.807, 2.05) is 41.4 Å². The van der Waals surface area contributed by atoms with Gasteiger partial charge in [0.05, 0.1) is 22.2 Å². The average Bonchev–Trinajstić information content (AvgIpc) is 4.10. The van der Waals surface area contributed by atoms with Crippen LogP contribution >= 0.6 is 0 Å². The van der Waals surface area contributed by atoms with E-state index >= 15 is 4.39 Å². The SMILES string of the molecule is Cn1c(=O)n(C2CCC(=O)NC2=O)c2cccc(N3CCC(N4CCN(c5ccc(-c6cc([C@H]7CCCN(C(=O)CCn8cccn8)C7)c(F)c7[nH]c(C(=O)N8CCC8)cc67)cc5)CC4)CC3)c21. The van der Waals surface area contributed by atoms with Crippen LogP contribution in [0, 0.1) is 5.82 Å². The van der Waals surface area contributed by atoms with Gasteiger partial charge in [-0.3, -0.25) is 43.2 Å². The van der Waals surface area contributed by atoms with Gasteiger partial charge in [0.25, 0.3) is 5.91 Å². The van der Waals surface area contributed by atoms with Gasteiger partial charge in [0, 0.05) is 127 Å². The molecule has 0 aliphatic carbocycles. The Morgan fingerprint density at radius 2 is 1.60 bits per heavy atom. The third kappa shape index (κ3) is 8.03. The van der Waals surface area contributed by atoms with Crippen LogP contribution in [0.25, 0.3) is 33.1 Å². The Labute approximate surface area is 393 Å². The van der Waals surface area contributed by atoms with E-state index in [9.17, 15) is 24.0 Å². The zero-order valence-electron chi connectivity index (χ0n) is 38.5. The fraction of sp³-hybridized carbons (Fsp3) is 0.451. The zero-order valence-corrected chi connectivity index (χ0v) is 38.5. The highest BCUT2D eigenvalue weighted by Gasteiger charge is 2.35. The number of piperidine rings is 3. The number of nitrogens with zero attached hydrogens (tertiary/aromatic N) is 9. The third-order valence-electron chi connectivity index (χ3n) is 15.4. The number of aromatic amines is 1. The van der Waals surface area contributed by atoms with Crippen LogP contribution in [0.2, 0.25) is 0 Å².